The highest BCUT2D eigenvalue weighted by molar-refractivity contribution is 7.88. The number of aliphatic carboxylic acids is 1. The van der Waals surface area contributed by atoms with Crippen molar-refractivity contribution < 1.29 is 23.1 Å². The van der Waals surface area contributed by atoms with Crippen molar-refractivity contribution in [1.82, 2.24) is 14.5 Å². The lowest BCUT2D eigenvalue weighted by molar-refractivity contribution is -0.141. The fraction of sp³-hybridized carbons (Fsp3) is 0.667. The number of hydrogen-bond acceptors (Lipinski definition) is 6. The molecule has 1 saturated heterocycles. The molecule has 0 bridgehead atoms. The number of nitrogens with zero attached hydrogens (tertiary/aromatic N) is 3. The highest BCUT2D eigenvalue weighted by Gasteiger charge is 2.25. The monoisotopic (exact) mass is 372 g/mol. The van der Waals surface area contributed by atoms with E-state index in [9.17, 15) is 23.3 Å². The van der Waals surface area contributed by atoms with Gasteiger partial charge in [-0.2, -0.15) is 9.57 Å². The minimum Gasteiger partial charge on any atom is -0.480 e. The molecule has 0 aromatic carbocycles. The van der Waals surface area contributed by atoms with Crippen LogP contribution in [-0.2, 0) is 19.6 Å². The molecule has 1 fully saturated rings. The molecule has 25 heavy (non-hydrogen) atoms. The molecule has 0 radical (unpaired) electrons. The summed E-state index contributed by atoms with van der Waals surface area (Å²) in [7, 11) is -3.26. The molecule has 1 unspecified atom stereocenters. The molecule has 0 aromatic heterocycles. The third-order valence-electron chi connectivity index (χ3n) is 3.73. The second kappa shape index (κ2) is 8.82. The van der Waals surface area contributed by atoms with Gasteiger partial charge in [-0.3, -0.25) is 4.79 Å². The lowest BCUT2D eigenvalue weighted by atomic mass is 10.0. The van der Waals surface area contributed by atoms with Crippen LogP contribution in [0.5, 0.6) is 0 Å². The third kappa shape index (κ3) is 6.72. The van der Waals surface area contributed by atoms with Gasteiger partial charge in [-0.1, -0.05) is 13.8 Å². The second-order valence-electron chi connectivity index (χ2n) is 6.35. The third-order valence-corrected chi connectivity index (χ3v) is 5.03. The van der Waals surface area contributed by atoms with Crippen molar-refractivity contribution in [3.05, 3.63) is 11.8 Å². The van der Waals surface area contributed by atoms with Gasteiger partial charge in [-0.25, -0.2) is 13.2 Å². The molecule has 0 spiro atoms. The summed E-state index contributed by atoms with van der Waals surface area (Å²) < 4.78 is 24.3. The van der Waals surface area contributed by atoms with E-state index in [1.807, 2.05) is 13.8 Å². The Morgan fingerprint density at radius 3 is 2.24 bits per heavy atom. The maximum atomic E-state index is 12.2. The molecule has 0 saturated carbocycles. The molecule has 10 heteroatoms. The average Bonchev–Trinajstić information content (AvgIpc) is 2.50. The van der Waals surface area contributed by atoms with Crippen molar-refractivity contribution in [1.29, 1.82) is 5.26 Å². The summed E-state index contributed by atoms with van der Waals surface area (Å²) in [6.45, 7) is 4.90. The quantitative estimate of drug-likeness (QED) is 0.459. The highest BCUT2D eigenvalue weighted by Crippen LogP contribution is 2.09. The summed E-state index contributed by atoms with van der Waals surface area (Å²) in [4.78, 5) is 25.1. The smallest absolute Gasteiger partial charge is 0.326 e. The maximum Gasteiger partial charge on any atom is 0.326 e. The van der Waals surface area contributed by atoms with E-state index < -0.39 is 27.9 Å². The average molecular weight is 372 g/mol. The number of sulfonamides is 1. The minimum atomic E-state index is -3.26. The van der Waals surface area contributed by atoms with Gasteiger partial charge in [0, 0.05) is 32.4 Å². The number of nitrogens with one attached hydrogen (secondary N) is 1. The molecule has 2 N–H and O–H groups in total. The molecule has 140 valence electrons. The van der Waals surface area contributed by atoms with Crippen LogP contribution in [0.3, 0.4) is 0 Å². The lowest BCUT2D eigenvalue weighted by Gasteiger charge is -2.32. The first-order chi connectivity index (χ1) is 11.5. The van der Waals surface area contributed by atoms with E-state index in [1.54, 1.807) is 11.0 Å². The van der Waals surface area contributed by atoms with E-state index in [4.69, 9.17) is 5.11 Å². The van der Waals surface area contributed by atoms with Crippen molar-refractivity contribution in [2.75, 3.05) is 32.4 Å². The van der Waals surface area contributed by atoms with Crippen LogP contribution in [0.1, 0.15) is 20.3 Å². The van der Waals surface area contributed by atoms with Gasteiger partial charge in [0.15, 0.2) is 0 Å². The Labute approximate surface area is 147 Å². The van der Waals surface area contributed by atoms with Gasteiger partial charge < -0.3 is 15.3 Å². The number of amides is 1. The number of piperazine rings is 1. The number of carboxylic acid groups (broad SMARTS) is 1. The summed E-state index contributed by atoms with van der Waals surface area (Å²) in [5, 5.41) is 20.7. The lowest BCUT2D eigenvalue weighted by Crippen LogP contribution is -2.47. The zero-order valence-electron chi connectivity index (χ0n) is 14.6. The Hall–Kier alpha value is -2.12. The number of carbonyl (C=O) groups excluding carboxylic acids is 1. The van der Waals surface area contributed by atoms with Crippen molar-refractivity contribution in [2.24, 2.45) is 5.92 Å². The van der Waals surface area contributed by atoms with Crippen LogP contribution in [0.15, 0.2) is 11.8 Å². The van der Waals surface area contributed by atoms with Crippen LogP contribution in [0, 0.1) is 17.2 Å². The molecule has 1 rings (SSSR count). The second-order valence-corrected chi connectivity index (χ2v) is 8.33. The number of rotatable bonds is 7. The van der Waals surface area contributed by atoms with Crippen molar-refractivity contribution in [2.45, 2.75) is 26.3 Å². The van der Waals surface area contributed by atoms with E-state index in [-0.39, 0.29) is 31.0 Å². The van der Waals surface area contributed by atoms with Gasteiger partial charge in [0.05, 0.1) is 6.26 Å². The Kier molecular flexibility index (Phi) is 7.38. The van der Waals surface area contributed by atoms with Crippen LogP contribution in [-0.4, -0.2) is 73.1 Å². The normalized spacial score (nSPS) is 17.9. The summed E-state index contributed by atoms with van der Waals surface area (Å²) in [5.74, 6) is -1.83. The highest BCUT2D eigenvalue weighted by atomic mass is 32.2. The van der Waals surface area contributed by atoms with Crippen LogP contribution < -0.4 is 5.32 Å². The fourth-order valence-electron chi connectivity index (χ4n) is 2.41. The molecule has 1 aliphatic rings. The Morgan fingerprint density at radius 2 is 1.84 bits per heavy atom. The van der Waals surface area contributed by atoms with Crippen LogP contribution in [0.2, 0.25) is 0 Å². The first kappa shape index (κ1) is 20.9. The fourth-order valence-corrected chi connectivity index (χ4v) is 3.24. The zero-order chi connectivity index (χ0) is 19.2. The number of carboxylic acids is 1. The Balaban J connectivity index is 2.75. The van der Waals surface area contributed by atoms with Gasteiger partial charge in [0.25, 0.3) is 5.91 Å². The van der Waals surface area contributed by atoms with Gasteiger partial charge >= 0.3 is 5.97 Å². The predicted molar refractivity (Wildman–Crippen MR) is 90.7 cm³/mol. The van der Waals surface area contributed by atoms with Crippen molar-refractivity contribution in [3.63, 3.8) is 0 Å². The molecule has 1 aliphatic heterocycles. The maximum absolute atomic E-state index is 12.2. The summed E-state index contributed by atoms with van der Waals surface area (Å²) in [5.41, 5.74) is -0.206. The summed E-state index contributed by atoms with van der Waals surface area (Å²) in [6.07, 6.45) is 2.74. The molecular formula is C15H24N4O5S. The van der Waals surface area contributed by atoms with E-state index in [2.05, 4.69) is 5.32 Å². The number of nitriles is 1. The first-order valence-corrected chi connectivity index (χ1v) is 9.74. The number of hydrogen-bond donors (Lipinski definition) is 2. The molecule has 9 nitrogen and oxygen atoms in total. The van der Waals surface area contributed by atoms with Crippen LogP contribution in [0.25, 0.3) is 0 Å². The standard InChI is InChI=1S/C15H24N4O5S/c1-11(2)8-13(15(21)22)17-14(20)12(9-16)10-18-4-6-19(7-5-18)25(3,23)24/h10-11,13H,4-8H2,1-3H3,(H,17,20)(H,21,22)/b12-10-. The van der Waals surface area contributed by atoms with Crippen molar-refractivity contribution >= 4 is 21.9 Å². The predicted octanol–water partition coefficient (Wildman–Crippen LogP) is -0.413. The van der Waals surface area contributed by atoms with Gasteiger partial charge in [0.1, 0.15) is 17.7 Å². The molecule has 1 amide bonds. The minimum absolute atomic E-state index is 0.0694. The first-order valence-electron chi connectivity index (χ1n) is 7.89. The molecular weight excluding hydrogens is 348 g/mol. The number of carbonyl (C=O) groups is 2. The van der Waals surface area contributed by atoms with Gasteiger partial charge in [-0.15, -0.1) is 0 Å². The van der Waals surface area contributed by atoms with Crippen molar-refractivity contribution in [3.8, 4) is 6.07 Å². The van der Waals surface area contributed by atoms with Gasteiger partial charge in [0.2, 0.25) is 10.0 Å². The molecule has 0 aliphatic carbocycles. The molecule has 1 heterocycles. The van der Waals surface area contributed by atoms with E-state index in [0.29, 0.717) is 13.1 Å². The van der Waals surface area contributed by atoms with Crippen LogP contribution >= 0.6 is 0 Å². The Morgan fingerprint density at radius 1 is 1.28 bits per heavy atom. The largest absolute Gasteiger partial charge is 0.480 e. The summed E-state index contributed by atoms with van der Waals surface area (Å²) in [6, 6.07) is 0.707. The van der Waals surface area contributed by atoms with E-state index in [1.165, 1.54) is 10.5 Å². The Bertz CT molecular complexity index is 673. The SMILES string of the molecule is CC(C)CC(NC(=O)/C(C#N)=C\N1CCN(S(C)(=O)=O)CC1)C(=O)O. The topological polar surface area (TPSA) is 131 Å². The molecule has 0 aromatic rings. The van der Waals surface area contributed by atoms with Crippen LogP contribution in [0.4, 0.5) is 0 Å². The van der Waals surface area contributed by atoms with Gasteiger partial charge in [-0.05, 0) is 12.3 Å². The van der Waals surface area contributed by atoms with E-state index >= 15 is 0 Å². The zero-order valence-corrected chi connectivity index (χ0v) is 15.4. The van der Waals surface area contributed by atoms with E-state index in [0.717, 1.165) is 6.26 Å². The molecule has 1 atom stereocenters. The summed E-state index contributed by atoms with van der Waals surface area (Å²) >= 11 is 0.